The molecule has 0 spiro atoms. The van der Waals surface area contributed by atoms with E-state index in [0.29, 0.717) is 5.56 Å². The fraction of sp³-hybridized carbons (Fsp3) is 0.500. The highest BCUT2D eigenvalue weighted by Gasteiger charge is 2.30. The minimum absolute atomic E-state index is 0.178. The van der Waals surface area contributed by atoms with Gasteiger partial charge in [-0.2, -0.15) is 0 Å². The van der Waals surface area contributed by atoms with Gasteiger partial charge in [0.2, 0.25) is 0 Å². The summed E-state index contributed by atoms with van der Waals surface area (Å²) >= 11 is 0. The molecule has 0 radical (unpaired) electrons. The third kappa shape index (κ3) is 4.05. The number of aromatic nitrogens is 1. The predicted molar refractivity (Wildman–Crippen MR) is 71.8 cm³/mol. The van der Waals surface area contributed by atoms with Crippen LogP contribution in [-0.4, -0.2) is 39.0 Å². The Kier molecular flexibility index (Phi) is 4.64. The van der Waals surface area contributed by atoms with Crippen LogP contribution in [-0.2, 0) is 4.79 Å². The van der Waals surface area contributed by atoms with Crippen molar-refractivity contribution >= 4 is 11.9 Å². The lowest BCUT2D eigenvalue weighted by molar-refractivity contribution is -0.141. The lowest BCUT2D eigenvalue weighted by Crippen LogP contribution is -2.48. The van der Waals surface area contributed by atoms with Crippen LogP contribution < -0.4 is 0 Å². The fourth-order valence-electron chi connectivity index (χ4n) is 1.66. The number of carboxylic acid groups (broad SMARTS) is 1. The SMILES string of the molecule is CC(CN(C(=O)c1ccncc1)C(C)(C)C)C(=O)O. The zero-order chi connectivity index (χ0) is 14.6. The van der Waals surface area contributed by atoms with Gasteiger partial charge in [0.15, 0.2) is 0 Å². The molecule has 1 aromatic rings. The summed E-state index contributed by atoms with van der Waals surface area (Å²) in [6, 6.07) is 3.26. The maximum absolute atomic E-state index is 12.5. The van der Waals surface area contributed by atoms with Crippen LogP contribution >= 0.6 is 0 Å². The Morgan fingerprint density at radius 1 is 1.32 bits per heavy atom. The van der Waals surface area contributed by atoms with Gasteiger partial charge in [-0.05, 0) is 32.9 Å². The molecule has 1 aromatic heterocycles. The van der Waals surface area contributed by atoms with Crippen LogP contribution in [0.4, 0.5) is 0 Å². The zero-order valence-electron chi connectivity index (χ0n) is 11.8. The molecule has 0 aliphatic rings. The van der Waals surface area contributed by atoms with Gasteiger partial charge in [0, 0.05) is 30.0 Å². The van der Waals surface area contributed by atoms with Crippen molar-refractivity contribution in [2.75, 3.05) is 6.54 Å². The average molecular weight is 264 g/mol. The minimum Gasteiger partial charge on any atom is -0.481 e. The molecule has 0 aliphatic carbocycles. The van der Waals surface area contributed by atoms with E-state index in [2.05, 4.69) is 4.98 Å². The van der Waals surface area contributed by atoms with E-state index in [1.807, 2.05) is 20.8 Å². The van der Waals surface area contributed by atoms with E-state index >= 15 is 0 Å². The highest BCUT2D eigenvalue weighted by atomic mass is 16.4. The summed E-state index contributed by atoms with van der Waals surface area (Å²) in [5, 5.41) is 9.00. The van der Waals surface area contributed by atoms with Crippen LogP contribution in [0.2, 0.25) is 0 Å². The molecule has 1 rings (SSSR count). The number of hydrogen-bond acceptors (Lipinski definition) is 3. The fourth-order valence-corrected chi connectivity index (χ4v) is 1.66. The summed E-state index contributed by atoms with van der Waals surface area (Å²) < 4.78 is 0. The van der Waals surface area contributed by atoms with Crippen molar-refractivity contribution in [1.29, 1.82) is 0 Å². The molecule has 19 heavy (non-hydrogen) atoms. The Hall–Kier alpha value is -1.91. The Morgan fingerprint density at radius 3 is 2.26 bits per heavy atom. The van der Waals surface area contributed by atoms with Gasteiger partial charge < -0.3 is 10.0 Å². The van der Waals surface area contributed by atoms with Crippen molar-refractivity contribution in [3.05, 3.63) is 30.1 Å². The molecular weight excluding hydrogens is 244 g/mol. The first-order valence-corrected chi connectivity index (χ1v) is 6.18. The zero-order valence-corrected chi connectivity index (χ0v) is 11.8. The summed E-state index contributed by atoms with van der Waals surface area (Å²) in [6.07, 6.45) is 3.10. The number of nitrogens with zero attached hydrogens (tertiary/aromatic N) is 2. The third-order valence-electron chi connectivity index (χ3n) is 2.86. The number of pyridine rings is 1. The largest absolute Gasteiger partial charge is 0.481 e. The summed E-state index contributed by atoms with van der Waals surface area (Å²) in [7, 11) is 0. The van der Waals surface area contributed by atoms with Crippen LogP contribution in [0, 0.1) is 5.92 Å². The summed E-state index contributed by atoms with van der Waals surface area (Å²) in [5.74, 6) is -1.69. The number of carbonyl (C=O) groups is 2. The van der Waals surface area contributed by atoms with Crippen molar-refractivity contribution in [1.82, 2.24) is 9.88 Å². The summed E-state index contributed by atoms with van der Waals surface area (Å²) in [6.45, 7) is 7.45. The number of carbonyl (C=O) groups excluding carboxylic acids is 1. The molecule has 104 valence electrons. The number of carboxylic acids is 1. The molecule has 5 nitrogen and oxygen atoms in total. The molecule has 1 heterocycles. The molecule has 1 amide bonds. The van der Waals surface area contributed by atoms with Gasteiger partial charge in [0.25, 0.3) is 5.91 Å². The van der Waals surface area contributed by atoms with Gasteiger partial charge in [-0.3, -0.25) is 14.6 Å². The van der Waals surface area contributed by atoms with Crippen LogP contribution in [0.1, 0.15) is 38.1 Å². The number of aliphatic carboxylic acids is 1. The van der Waals surface area contributed by atoms with E-state index < -0.39 is 17.4 Å². The highest BCUT2D eigenvalue weighted by molar-refractivity contribution is 5.94. The van der Waals surface area contributed by atoms with Crippen molar-refractivity contribution in [2.45, 2.75) is 33.2 Å². The molecule has 1 atom stereocenters. The van der Waals surface area contributed by atoms with Crippen LogP contribution in [0.3, 0.4) is 0 Å². The molecule has 0 saturated carbocycles. The maximum atomic E-state index is 12.5. The second kappa shape index (κ2) is 5.82. The van der Waals surface area contributed by atoms with Gasteiger partial charge in [0.05, 0.1) is 5.92 Å². The normalized spacial score (nSPS) is 12.8. The Balaban J connectivity index is 2.99. The Bertz CT molecular complexity index is 452. The molecule has 0 aliphatic heterocycles. The monoisotopic (exact) mass is 264 g/mol. The van der Waals surface area contributed by atoms with Crippen molar-refractivity contribution in [2.24, 2.45) is 5.92 Å². The van der Waals surface area contributed by atoms with Crippen molar-refractivity contribution in [3.63, 3.8) is 0 Å². The first kappa shape index (κ1) is 15.1. The highest BCUT2D eigenvalue weighted by Crippen LogP contribution is 2.19. The van der Waals surface area contributed by atoms with Crippen molar-refractivity contribution in [3.8, 4) is 0 Å². The third-order valence-corrected chi connectivity index (χ3v) is 2.86. The van der Waals surface area contributed by atoms with Gasteiger partial charge >= 0.3 is 5.97 Å². The quantitative estimate of drug-likeness (QED) is 0.903. The van der Waals surface area contributed by atoms with E-state index in [4.69, 9.17) is 5.11 Å². The number of rotatable bonds is 4. The number of amides is 1. The van der Waals surface area contributed by atoms with Gasteiger partial charge in [-0.15, -0.1) is 0 Å². The summed E-state index contributed by atoms with van der Waals surface area (Å²) in [5.41, 5.74) is 0.0758. The van der Waals surface area contributed by atoms with Gasteiger partial charge in [0.1, 0.15) is 0 Å². The smallest absolute Gasteiger partial charge is 0.308 e. The second-order valence-corrected chi connectivity index (χ2v) is 5.56. The van der Waals surface area contributed by atoms with E-state index in [0.717, 1.165) is 0 Å². The molecule has 5 heteroatoms. The summed E-state index contributed by atoms with van der Waals surface area (Å²) in [4.78, 5) is 28.9. The van der Waals surface area contributed by atoms with E-state index in [1.165, 1.54) is 0 Å². The minimum atomic E-state index is -0.906. The number of hydrogen-bond donors (Lipinski definition) is 1. The molecule has 0 aromatic carbocycles. The van der Waals surface area contributed by atoms with E-state index in [-0.39, 0.29) is 12.5 Å². The van der Waals surface area contributed by atoms with Crippen LogP contribution in [0.5, 0.6) is 0 Å². The molecule has 0 fully saturated rings. The molecule has 0 bridgehead atoms. The Morgan fingerprint density at radius 2 is 1.84 bits per heavy atom. The van der Waals surface area contributed by atoms with E-state index in [9.17, 15) is 9.59 Å². The molecule has 1 N–H and O–H groups in total. The average Bonchev–Trinajstić information content (AvgIpc) is 2.34. The van der Waals surface area contributed by atoms with Gasteiger partial charge in [-0.25, -0.2) is 0 Å². The maximum Gasteiger partial charge on any atom is 0.308 e. The van der Waals surface area contributed by atoms with Gasteiger partial charge in [-0.1, -0.05) is 6.92 Å². The van der Waals surface area contributed by atoms with Crippen LogP contribution in [0.25, 0.3) is 0 Å². The first-order valence-electron chi connectivity index (χ1n) is 6.18. The lowest BCUT2D eigenvalue weighted by Gasteiger charge is -2.37. The molecule has 1 unspecified atom stereocenters. The Labute approximate surface area is 113 Å². The molecular formula is C14H20N2O3. The van der Waals surface area contributed by atoms with E-state index in [1.54, 1.807) is 36.4 Å². The lowest BCUT2D eigenvalue weighted by atomic mass is 10.0. The molecule has 0 saturated heterocycles. The standard InChI is InChI=1S/C14H20N2O3/c1-10(13(18)19)9-16(14(2,3)4)12(17)11-5-7-15-8-6-11/h5-8,10H,9H2,1-4H3,(H,18,19). The van der Waals surface area contributed by atoms with Crippen molar-refractivity contribution < 1.29 is 14.7 Å². The topological polar surface area (TPSA) is 70.5 Å². The first-order chi connectivity index (χ1) is 8.73. The second-order valence-electron chi connectivity index (χ2n) is 5.56. The van der Waals surface area contributed by atoms with Crippen LogP contribution in [0.15, 0.2) is 24.5 Å². The predicted octanol–water partition coefficient (Wildman–Crippen LogP) is 2.04.